The van der Waals surface area contributed by atoms with Crippen LogP contribution >= 0.6 is 0 Å². The van der Waals surface area contributed by atoms with E-state index in [2.05, 4.69) is 36.0 Å². The molecule has 3 rings (SSSR count). The Kier molecular flexibility index (Phi) is 6.81. The Morgan fingerprint density at radius 1 is 1.31 bits per heavy atom. The molecule has 0 aromatic carbocycles. The Bertz CT molecular complexity index is 896. The van der Waals surface area contributed by atoms with Gasteiger partial charge < -0.3 is 27.4 Å². The van der Waals surface area contributed by atoms with Gasteiger partial charge in [-0.2, -0.15) is 5.10 Å². The highest BCUT2D eigenvalue weighted by atomic mass is 19.1. The maximum absolute atomic E-state index is 14.3. The van der Waals surface area contributed by atoms with Crippen molar-refractivity contribution in [3.8, 4) is 0 Å². The monoisotopic (exact) mass is 402 g/mol. The first kappa shape index (κ1) is 20.4. The highest BCUT2D eigenvalue weighted by Gasteiger charge is 2.20. The number of nitrogens with two attached hydrogens (primary N) is 2. The molecule has 0 saturated carbocycles. The molecule has 12 heteroatoms. The summed E-state index contributed by atoms with van der Waals surface area (Å²) in [6.07, 6.45) is 6.53. The second kappa shape index (κ2) is 9.71. The maximum Gasteiger partial charge on any atom is 0.252 e. The van der Waals surface area contributed by atoms with Crippen molar-refractivity contribution >= 4 is 23.8 Å². The lowest BCUT2D eigenvalue weighted by Crippen LogP contribution is -2.28. The van der Waals surface area contributed by atoms with Crippen molar-refractivity contribution in [3.05, 3.63) is 41.9 Å². The molecule has 2 aromatic heterocycles. The van der Waals surface area contributed by atoms with Crippen molar-refractivity contribution in [1.82, 2.24) is 25.1 Å². The predicted octanol–water partition coefficient (Wildman–Crippen LogP) is -0.160. The van der Waals surface area contributed by atoms with E-state index in [4.69, 9.17) is 11.5 Å². The van der Waals surface area contributed by atoms with E-state index >= 15 is 0 Å². The van der Waals surface area contributed by atoms with Gasteiger partial charge >= 0.3 is 0 Å². The number of pyridine rings is 1. The Hall–Kier alpha value is -3.38. The summed E-state index contributed by atoms with van der Waals surface area (Å²) in [5.74, 6) is -1.27. The van der Waals surface area contributed by atoms with Crippen LogP contribution in [0.4, 0.5) is 16.0 Å². The summed E-state index contributed by atoms with van der Waals surface area (Å²) in [6, 6.07) is 1.07. The van der Waals surface area contributed by atoms with Gasteiger partial charge in [0.1, 0.15) is 24.6 Å². The third-order valence-corrected chi connectivity index (χ3v) is 4.11. The van der Waals surface area contributed by atoms with Gasteiger partial charge in [0.05, 0.1) is 5.56 Å². The molecule has 154 valence electrons. The molecule has 7 N–H and O–H groups in total. The first-order chi connectivity index (χ1) is 14.1. The van der Waals surface area contributed by atoms with Crippen LogP contribution in [0.2, 0.25) is 0 Å². The van der Waals surface area contributed by atoms with Gasteiger partial charge in [0, 0.05) is 44.5 Å². The molecule has 0 bridgehead atoms. The fourth-order valence-corrected chi connectivity index (χ4v) is 2.72. The van der Waals surface area contributed by atoms with E-state index in [1.54, 1.807) is 23.3 Å². The zero-order valence-electron chi connectivity index (χ0n) is 15.7. The number of aromatic nitrogens is 4. The number of carbonyl (C=O) groups excluding carboxylic acids is 1. The van der Waals surface area contributed by atoms with Gasteiger partial charge in [0.25, 0.3) is 5.91 Å². The van der Waals surface area contributed by atoms with Crippen LogP contribution in [0, 0.1) is 5.82 Å². The standard InChI is InChI=1S/C17H23FN10O/c18-13-8-12(15(20)29)16(27-17(13)24-6-5-21-4-2-19)26-11-1-3-23-14(7-11)28-10-22-9-25-28/h1,3,8-10,14,21H,2,4-7,19H2,(H2,20,29)(H2,24,26,27). The topological polar surface area (TPSA) is 161 Å². The van der Waals surface area contributed by atoms with Crippen LogP contribution in [-0.4, -0.2) is 58.0 Å². The van der Waals surface area contributed by atoms with E-state index in [0.29, 0.717) is 32.6 Å². The van der Waals surface area contributed by atoms with E-state index in [1.165, 1.54) is 6.33 Å². The lowest BCUT2D eigenvalue weighted by molar-refractivity contribution is 0.100. The number of halogens is 1. The molecule has 0 spiro atoms. The van der Waals surface area contributed by atoms with E-state index in [9.17, 15) is 9.18 Å². The number of primary amides is 1. The van der Waals surface area contributed by atoms with Crippen LogP contribution in [0.1, 0.15) is 22.9 Å². The van der Waals surface area contributed by atoms with Gasteiger partial charge in [-0.05, 0) is 12.1 Å². The molecule has 1 aliphatic heterocycles. The number of hydrogen-bond donors (Lipinski definition) is 5. The fourth-order valence-electron chi connectivity index (χ4n) is 2.72. The lowest BCUT2D eigenvalue weighted by atomic mass is 10.2. The molecule has 0 aliphatic carbocycles. The number of hydrogen-bond acceptors (Lipinski definition) is 9. The van der Waals surface area contributed by atoms with Gasteiger partial charge in [-0.15, -0.1) is 0 Å². The Morgan fingerprint density at radius 3 is 2.90 bits per heavy atom. The molecule has 0 radical (unpaired) electrons. The summed E-state index contributed by atoms with van der Waals surface area (Å²) >= 11 is 0. The van der Waals surface area contributed by atoms with E-state index in [1.807, 2.05) is 0 Å². The third kappa shape index (κ3) is 5.33. The number of nitrogens with zero attached hydrogens (tertiary/aromatic N) is 5. The van der Waals surface area contributed by atoms with Crippen LogP contribution in [0.5, 0.6) is 0 Å². The maximum atomic E-state index is 14.3. The minimum atomic E-state index is -0.784. The second-order valence-corrected chi connectivity index (χ2v) is 6.22. The van der Waals surface area contributed by atoms with Crippen molar-refractivity contribution in [3.63, 3.8) is 0 Å². The molecular weight excluding hydrogens is 379 g/mol. The van der Waals surface area contributed by atoms with Gasteiger partial charge in [-0.25, -0.2) is 19.0 Å². The lowest BCUT2D eigenvalue weighted by Gasteiger charge is -2.20. The Labute approximate surface area is 166 Å². The van der Waals surface area contributed by atoms with Crippen molar-refractivity contribution in [2.24, 2.45) is 16.5 Å². The third-order valence-electron chi connectivity index (χ3n) is 4.11. The molecule has 11 nitrogen and oxygen atoms in total. The SMILES string of the molecule is NCCNCCNc1nc(NC2=CC=NC(n3cncn3)C2)c(C(N)=O)cc1F. The molecule has 0 saturated heterocycles. The van der Waals surface area contributed by atoms with E-state index < -0.39 is 11.7 Å². The smallest absolute Gasteiger partial charge is 0.252 e. The molecule has 1 unspecified atom stereocenters. The average Bonchev–Trinajstić information content (AvgIpc) is 3.25. The minimum absolute atomic E-state index is 0.0185. The van der Waals surface area contributed by atoms with Crippen molar-refractivity contribution in [2.45, 2.75) is 12.6 Å². The first-order valence-electron chi connectivity index (χ1n) is 9.07. The second-order valence-electron chi connectivity index (χ2n) is 6.22. The highest BCUT2D eigenvalue weighted by molar-refractivity contribution is 5.98. The van der Waals surface area contributed by atoms with Crippen molar-refractivity contribution in [1.29, 1.82) is 0 Å². The fraction of sp³-hybridized carbons (Fsp3) is 0.353. The number of dihydropyridines is 1. The average molecular weight is 402 g/mol. The molecule has 2 aromatic rings. The molecule has 29 heavy (non-hydrogen) atoms. The predicted molar refractivity (Wildman–Crippen MR) is 107 cm³/mol. The molecule has 1 amide bonds. The van der Waals surface area contributed by atoms with Crippen LogP contribution < -0.4 is 27.4 Å². The zero-order valence-corrected chi connectivity index (χ0v) is 15.7. The molecular formula is C17H23FN10O. The van der Waals surface area contributed by atoms with Crippen LogP contribution in [-0.2, 0) is 0 Å². The summed E-state index contributed by atoms with van der Waals surface area (Å²) in [7, 11) is 0. The number of rotatable bonds is 10. The normalized spacial score (nSPS) is 15.8. The number of allylic oxidation sites excluding steroid dienone is 1. The molecule has 1 aliphatic rings. The van der Waals surface area contributed by atoms with Gasteiger partial charge in [0.15, 0.2) is 11.6 Å². The first-order valence-corrected chi connectivity index (χ1v) is 9.07. The molecule has 1 atom stereocenters. The van der Waals surface area contributed by atoms with E-state index in [0.717, 1.165) is 11.8 Å². The number of nitrogens with one attached hydrogen (secondary N) is 3. The Morgan fingerprint density at radius 2 is 2.17 bits per heavy atom. The summed E-state index contributed by atoms with van der Waals surface area (Å²) in [6.45, 7) is 2.19. The summed E-state index contributed by atoms with van der Waals surface area (Å²) < 4.78 is 15.9. The zero-order chi connectivity index (χ0) is 20.6. The summed E-state index contributed by atoms with van der Waals surface area (Å²) in [4.78, 5) is 24.2. The number of anilines is 2. The van der Waals surface area contributed by atoms with E-state index in [-0.39, 0.29) is 23.4 Å². The van der Waals surface area contributed by atoms with Crippen LogP contribution in [0.15, 0.2) is 35.5 Å². The largest absolute Gasteiger partial charge is 0.366 e. The number of amides is 1. The summed E-state index contributed by atoms with van der Waals surface area (Å²) in [5, 5.41) is 13.1. The van der Waals surface area contributed by atoms with Crippen LogP contribution in [0.25, 0.3) is 0 Å². The minimum Gasteiger partial charge on any atom is -0.366 e. The van der Waals surface area contributed by atoms with Crippen molar-refractivity contribution in [2.75, 3.05) is 36.8 Å². The molecule has 0 fully saturated rings. The number of aliphatic imine (C=N–C) groups is 1. The van der Waals surface area contributed by atoms with Gasteiger partial charge in [-0.1, -0.05) is 0 Å². The quantitative estimate of drug-likeness (QED) is 0.343. The van der Waals surface area contributed by atoms with Crippen molar-refractivity contribution < 1.29 is 9.18 Å². The summed E-state index contributed by atoms with van der Waals surface area (Å²) in [5.41, 5.74) is 11.5. The van der Waals surface area contributed by atoms with Crippen LogP contribution in [0.3, 0.4) is 0 Å². The number of carbonyl (C=O) groups is 1. The Balaban J connectivity index is 1.74. The highest BCUT2D eigenvalue weighted by Crippen LogP contribution is 2.25. The van der Waals surface area contributed by atoms with Gasteiger partial charge in [-0.3, -0.25) is 9.79 Å². The molecule has 3 heterocycles. The van der Waals surface area contributed by atoms with Gasteiger partial charge in [0.2, 0.25) is 0 Å².